The first-order valence-corrected chi connectivity index (χ1v) is 8.44. The lowest BCUT2D eigenvalue weighted by Gasteiger charge is -2.23. The summed E-state index contributed by atoms with van der Waals surface area (Å²) in [4.78, 5) is 26.7. The fourth-order valence-electron chi connectivity index (χ4n) is 2.85. The molecule has 1 fully saturated rings. The molecule has 1 aliphatic heterocycles. The molecule has 3 rings (SSSR count). The third-order valence-electron chi connectivity index (χ3n) is 4.24. The number of ether oxygens (including phenoxy) is 1. The van der Waals surface area contributed by atoms with E-state index >= 15 is 0 Å². The minimum atomic E-state index is -0.373. The van der Waals surface area contributed by atoms with E-state index in [1.54, 1.807) is 17.2 Å². The molecular formula is C16H23N7O2. The first kappa shape index (κ1) is 17.1. The molecule has 9 heteroatoms. The molecule has 1 amide bonds. The summed E-state index contributed by atoms with van der Waals surface area (Å²) in [5.41, 5.74) is 0. The van der Waals surface area contributed by atoms with Crippen LogP contribution in [0.2, 0.25) is 0 Å². The smallest absolute Gasteiger partial charge is 0.415 e. The van der Waals surface area contributed by atoms with Crippen molar-refractivity contribution in [1.82, 2.24) is 24.7 Å². The number of anilines is 2. The lowest BCUT2D eigenvalue weighted by atomic mass is 10.0. The normalized spacial score (nSPS) is 18.5. The van der Waals surface area contributed by atoms with Gasteiger partial charge in [0.15, 0.2) is 0 Å². The van der Waals surface area contributed by atoms with Crippen molar-refractivity contribution in [3.63, 3.8) is 0 Å². The Morgan fingerprint density at radius 2 is 2.16 bits per heavy atom. The van der Waals surface area contributed by atoms with Crippen molar-refractivity contribution in [3.05, 3.63) is 24.4 Å². The highest BCUT2D eigenvalue weighted by atomic mass is 16.6. The zero-order valence-corrected chi connectivity index (χ0v) is 14.9. The number of nitrogens with zero attached hydrogens (tertiary/aromatic N) is 6. The van der Waals surface area contributed by atoms with E-state index in [-0.39, 0.29) is 24.1 Å². The summed E-state index contributed by atoms with van der Waals surface area (Å²) in [6, 6.07) is 1.56. The van der Waals surface area contributed by atoms with Gasteiger partial charge in [-0.05, 0) is 25.8 Å². The van der Waals surface area contributed by atoms with Crippen LogP contribution in [0.1, 0.15) is 39.6 Å². The molecule has 25 heavy (non-hydrogen) atoms. The van der Waals surface area contributed by atoms with Crippen molar-refractivity contribution >= 4 is 17.9 Å². The monoisotopic (exact) mass is 345 g/mol. The van der Waals surface area contributed by atoms with Gasteiger partial charge in [-0.15, -0.1) is 0 Å². The van der Waals surface area contributed by atoms with Crippen LogP contribution >= 0.6 is 0 Å². The van der Waals surface area contributed by atoms with E-state index in [0.717, 1.165) is 12.4 Å². The second-order valence-electron chi connectivity index (χ2n) is 6.30. The molecule has 0 aromatic carbocycles. The molecule has 0 aliphatic carbocycles. The quantitative estimate of drug-likeness (QED) is 0.857. The summed E-state index contributed by atoms with van der Waals surface area (Å²) < 4.78 is 7.00. The molecule has 134 valence electrons. The molecule has 0 saturated carbocycles. The fourth-order valence-corrected chi connectivity index (χ4v) is 2.85. The first-order valence-electron chi connectivity index (χ1n) is 8.44. The number of carbonyl (C=O) groups excluding carboxylic acids is 1. The van der Waals surface area contributed by atoms with E-state index in [0.29, 0.717) is 18.4 Å². The number of aryl methyl sites for hydroxylation is 1. The SMILES string of the molecule is CCn1ncnc1[C@H](C)Nc1nccc(N2C(=O)OC[C@@H]2C(C)C)n1. The molecule has 2 atom stereocenters. The number of aromatic nitrogens is 5. The Labute approximate surface area is 146 Å². The summed E-state index contributed by atoms with van der Waals surface area (Å²) in [5.74, 6) is 2.03. The molecule has 2 aromatic heterocycles. The molecule has 0 spiro atoms. The van der Waals surface area contributed by atoms with Crippen LogP contribution in [0.4, 0.5) is 16.6 Å². The van der Waals surface area contributed by atoms with Crippen molar-refractivity contribution < 1.29 is 9.53 Å². The summed E-state index contributed by atoms with van der Waals surface area (Å²) in [7, 11) is 0. The van der Waals surface area contributed by atoms with E-state index in [9.17, 15) is 4.79 Å². The Kier molecular flexibility index (Phi) is 4.82. The highest BCUT2D eigenvalue weighted by Crippen LogP contribution is 2.26. The molecule has 9 nitrogen and oxygen atoms in total. The largest absolute Gasteiger partial charge is 0.447 e. The maximum absolute atomic E-state index is 12.1. The molecule has 0 bridgehead atoms. The number of hydrogen-bond acceptors (Lipinski definition) is 7. The van der Waals surface area contributed by atoms with Gasteiger partial charge < -0.3 is 10.1 Å². The second-order valence-corrected chi connectivity index (χ2v) is 6.30. The predicted octanol–water partition coefficient (Wildman–Crippen LogP) is 2.24. The average Bonchev–Trinajstić information content (AvgIpc) is 3.21. The summed E-state index contributed by atoms with van der Waals surface area (Å²) in [6.45, 7) is 9.19. The van der Waals surface area contributed by atoms with Crippen LogP contribution in [0, 0.1) is 5.92 Å². The second kappa shape index (κ2) is 7.04. The Balaban J connectivity index is 1.81. The maximum atomic E-state index is 12.1. The fraction of sp³-hybridized carbons (Fsp3) is 0.562. The third kappa shape index (κ3) is 3.40. The van der Waals surface area contributed by atoms with Gasteiger partial charge in [0.05, 0.1) is 12.1 Å². The molecule has 1 N–H and O–H groups in total. The van der Waals surface area contributed by atoms with Gasteiger partial charge in [-0.2, -0.15) is 10.1 Å². The van der Waals surface area contributed by atoms with Gasteiger partial charge in [0.25, 0.3) is 0 Å². The Hall–Kier alpha value is -2.71. The van der Waals surface area contributed by atoms with Crippen LogP contribution < -0.4 is 10.2 Å². The van der Waals surface area contributed by atoms with Crippen molar-refractivity contribution in [2.24, 2.45) is 5.92 Å². The number of nitrogens with one attached hydrogen (secondary N) is 1. The third-order valence-corrected chi connectivity index (χ3v) is 4.24. The van der Waals surface area contributed by atoms with Crippen LogP contribution in [0.5, 0.6) is 0 Å². The number of rotatable bonds is 6. The van der Waals surface area contributed by atoms with Crippen molar-refractivity contribution in [2.45, 2.75) is 46.3 Å². The zero-order chi connectivity index (χ0) is 18.0. The Morgan fingerprint density at radius 1 is 1.36 bits per heavy atom. The van der Waals surface area contributed by atoms with Crippen LogP contribution in [0.3, 0.4) is 0 Å². The van der Waals surface area contributed by atoms with Crippen LogP contribution in [0.25, 0.3) is 0 Å². The molecule has 0 unspecified atom stereocenters. The predicted molar refractivity (Wildman–Crippen MR) is 92.2 cm³/mol. The van der Waals surface area contributed by atoms with Gasteiger partial charge >= 0.3 is 6.09 Å². The van der Waals surface area contributed by atoms with Gasteiger partial charge in [0, 0.05) is 12.7 Å². The average molecular weight is 345 g/mol. The number of cyclic esters (lactones) is 1. The van der Waals surface area contributed by atoms with Crippen molar-refractivity contribution in [1.29, 1.82) is 0 Å². The van der Waals surface area contributed by atoms with E-state index in [2.05, 4.69) is 39.2 Å². The van der Waals surface area contributed by atoms with E-state index in [1.165, 1.54) is 6.33 Å². The zero-order valence-electron chi connectivity index (χ0n) is 14.9. The van der Waals surface area contributed by atoms with Gasteiger partial charge in [-0.25, -0.2) is 19.4 Å². The molecule has 3 heterocycles. The highest BCUT2D eigenvalue weighted by molar-refractivity contribution is 5.89. The highest BCUT2D eigenvalue weighted by Gasteiger charge is 2.37. The van der Waals surface area contributed by atoms with Crippen molar-refractivity contribution in [2.75, 3.05) is 16.8 Å². The minimum Gasteiger partial charge on any atom is -0.447 e. The minimum absolute atomic E-state index is 0.0316. The molecule has 1 aliphatic rings. The van der Waals surface area contributed by atoms with E-state index in [4.69, 9.17) is 4.74 Å². The standard InChI is InChI=1S/C16H23N7O2/c1-5-22-14(18-9-19-22)11(4)20-15-17-7-6-13(21-15)23-12(10(2)3)8-25-16(23)24/h6-7,9-12H,5,8H2,1-4H3,(H,17,20,21)/t11-,12+/m0/s1. The van der Waals surface area contributed by atoms with E-state index in [1.807, 2.05) is 18.5 Å². The van der Waals surface area contributed by atoms with Gasteiger partial charge in [-0.1, -0.05) is 13.8 Å². The number of carbonyl (C=O) groups is 1. The maximum Gasteiger partial charge on any atom is 0.415 e. The van der Waals surface area contributed by atoms with Crippen LogP contribution in [-0.2, 0) is 11.3 Å². The van der Waals surface area contributed by atoms with Crippen molar-refractivity contribution in [3.8, 4) is 0 Å². The van der Waals surface area contributed by atoms with Crippen LogP contribution in [0.15, 0.2) is 18.6 Å². The summed E-state index contributed by atoms with van der Waals surface area (Å²) in [5, 5.41) is 7.39. The van der Waals surface area contributed by atoms with E-state index < -0.39 is 0 Å². The number of amides is 1. The van der Waals surface area contributed by atoms with Crippen LogP contribution in [-0.4, -0.2) is 43.5 Å². The molecular weight excluding hydrogens is 322 g/mol. The first-order chi connectivity index (χ1) is 12.0. The Bertz CT molecular complexity index is 746. The molecule has 0 radical (unpaired) electrons. The topological polar surface area (TPSA) is 98.1 Å². The molecule has 1 saturated heterocycles. The lowest BCUT2D eigenvalue weighted by Crippen LogP contribution is -2.37. The Morgan fingerprint density at radius 3 is 2.88 bits per heavy atom. The lowest BCUT2D eigenvalue weighted by molar-refractivity contribution is 0.177. The van der Waals surface area contributed by atoms with Gasteiger partial charge in [-0.3, -0.25) is 4.90 Å². The number of hydrogen-bond donors (Lipinski definition) is 1. The van der Waals surface area contributed by atoms with Gasteiger partial charge in [0.1, 0.15) is 24.6 Å². The van der Waals surface area contributed by atoms with Gasteiger partial charge in [0.2, 0.25) is 5.95 Å². The summed E-state index contributed by atoms with van der Waals surface area (Å²) >= 11 is 0. The molecule has 2 aromatic rings. The summed E-state index contributed by atoms with van der Waals surface area (Å²) in [6.07, 6.45) is 2.79.